The molecule has 3 aromatic heterocycles. The number of phenols is 1. The highest BCUT2D eigenvalue weighted by Crippen LogP contribution is 2.41. The molecular formula is C52H52N4O. The SMILES string of the molecule is CC(C)(C)c1ccc(O)c(-c2nc3c(-c4cc(Cc5ccccc5)cc(-c5cc(C(C)(C)C)cc6cccnc56)c4)cccc3n2-c2ccc(C(C)(C)C)nc2)c1. The first kappa shape index (κ1) is 37.8. The van der Waals surface area contributed by atoms with Crippen molar-refractivity contribution in [2.24, 2.45) is 0 Å². The molecule has 0 bridgehead atoms. The molecule has 5 nitrogen and oxygen atoms in total. The summed E-state index contributed by atoms with van der Waals surface area (Å²) in [7, 11) is 0. The van der Waals surface area contributed by atoms with Crippen molar-refractivity contribution >= 4 is 21.9 Å². The molecule has 5 heteroatoms. The van der Waals surface area contributed by atoms with Gasteiger partial charge in [0.2, 0.25) is 0 Å². The molecule has 0 saturated carbocycles. The van der Waals surface area contributed by atoms with E-state index in [1.165, 1.54) is 16.7 Å². The van der Waals surface area contributed by atoms with Crippen molar-refractivity contribution in [3.8, 4) is 45.1 Å². The van der Waals surface area contributed by atoms with Crippen molar-refractivity contribution in [2.75, 3.05) is 0 Å². The standard InChI is InChI=1S/C52H52N4O/c1-50(2,3)38-20-22-45(57)43(30-38)49-55-48-41(18-13-19-44(48)56(49)40-21-23-46(54-32-40)52(7,8)9)36-26-34(25-33-15-11-10-12-16-33)27-37(28-36)42-31-39(51(4,5)6)29-35-17-14-24-53-47(35)42/h10-24,26-32,57H,25H2,1-9H3. The van der Waals surface area contributed by atoms with Crippen molar-refractivity contribution in [3.63, 3.8) is 0 Å². The van der Waals surface area contributed by atoms with Gasteiger partial charge in [0, 0.05) is 33.8 Å². The van der Waals surface area contributed by atoms with Crippen LogP contribution in [-0.4, -0.2) is 24.6 Å². The maximum Gasteiger partial charge on any atom is 0.149 e. The highest BCUT2D eigenvalue weighted by atomic mass is 16.3. The zero-order valence-corrected chi connectivity index (χ0v) is 34.6. The Hall–Kier alpha value is -6.07. The Morgan fingerprint density at radius 2 is 1.26 bits per heavy atom. The lowest BCUT2D eigenvalue weighted by atomic mass is 9.83. The van der Waals surface area contributed by atoms with Crippen LogP contribution in [-0.2, 0) is 22.7 Å². The first-order valence-corrected chi connectivity index (χ1v) is 19.9. The fourth-order valence-corrected chi connectivity index (χ4v) is 7.70. The number of rotatable bonds is 6. The third-order valence-electron chi connectivity index (χ3n) is 11.0. The van der Waals surface area contributed by atoms with Crippen LogP contribution in [0.4, 0.5) is 0 Å². The molecule has 0 aliphatic heterocycles. The maximum absolute atomic E-state index is 11.5. The fraction of sp³-hybridized carbons (Fsp3) is 0.250. The second kappa shape index (κ2) is 14.1. The van der Waals surface area contributed by atoms with Crippen LogP contribution in [0.3, 0.4) is 0 Å². The van der Waals surface area contributed by atoms with Crippen molar-refractivity contribution in [2.45, 2.75) is 85.0 Å². The van der Waals surface area contributed by atoms with Gasteiger partial charge >= 0.3 is 0 Å². The summed E-state index contributed by atoms with van der Waals surface area (Å²) in [6.07, 6.45) is 4.60. The smallest absolute Gasteiger partial charge is 0.149 e. The van der Waals surface area contributed by atoms with Gasteiger partial charge in [-0.3, -0.25) is 14.5 Å². The summed E-state index contributed by atoms with van der Waals surface area (Å²) >= 11 is 0. The first-order valence-electron chi connectivity index (χ1n) is 19.9. The molecule has 3 heterocycles. The molecule has 0 unspecified atom stereocenters. The Kier molecular flexibility index (Phi) is 9.39. The molecular weight excluding hydrogens is 697 g/mol. The van der Waals surface area contributed by atoms with Crippen molar-refractivity contribution in [3.05, 3.63) is 162 Å². The van der Waals surface area contributed by atoms with Gasteiger partial charge in [0.1, 0.15) is 11.6 Å². The number of phenolic OH excluding ortho intramolecular Hbond substituents is 1. The van der Waals surface area contributed by atoms with E-state index in [9.17, 15) is 5.11 Å². The van der Waals surface area contributed by atoms with Gasteiger partial charge in [0.25, 0.3) is 0 Å². The average molecular weight is 749 g/mol. The third kappa shape index (κ3) is 7.47. The molecule has 5 aromatic carbocycles. The summed E-state index contributed by atoms with van der Waals surface area (Å²) in [5, 5.41) is 12.6. The molecule has 0 amide bonds. The summed E-state index contributed by atoms with van der Waals surface area (Å²) in [6, 6.07) is 42.9. The molecule has 1 N–H and O–H groups in total. The molecule has 8 rings (SSSR count). The van der Waals surface area contributed by atoms with Crippen LogP contribution in [0.1, 0.15) is 90.3 Å². The van der Waals surface area contributed by atoms with E-state index in [0.29, 0.717) is 11.4 Å². The fourth-order valence-electron chi connectivity index (χ4n) is 7.70. The average Bonchev–Trinajstić information content (AvgIpc) is 3.56. The number of fused-ring (bicyclic) bond motifs is 2. The van der Waals surface area contributed by atoms with Crippen LogP contribution in [0.5, 0.6) is 5.75 Å². The number of hydrogen-bond acceptors (Lipinski definition) is 4. The quantitative estimate of drug-likeness (QED) is 0.184. The minimum atomic E-state index is -0.126. The number of pyridine rings is 2. The van der Waals surface area contributed by atoms with Gasteiger partial charge in [0.05, 0.1) is 34.0 Å². The van der Waals surface area contributed by atoms with E-state index in [1.54, 1.807) is 6.07 Å². The topological polar surface area (TPSA) is 63.8 Å². The van der Waals surface area contributed by atoms with E-state index in [0.717, 1.165) is 67.6 Å². The highest BCUT2D eigenvalue weighted by Gasteiger charge is 2.24. The van der Waals surface area contributed by atoms with Crippen LogP contribution in [0.25, 0.3) is 61.3 Å². The van der Waals surface area contributed by atoms with E-state index >= 15 is 0 Å². The normalized spacial score (nSPS) is 12.4. The Labute approximate surface area is 337 Å². The van der Waals surface area contributed by atoms with Crippen LogP contribution in [0, 0.1) is 0 Å². The van der Waals surface area contributed by atoms with Crippen LogP contribution >= 0.6 is 0 Å². The van der Waals surface area contributed by atoms with Gasteiger partial charge in [-0.15, -0.1) is 0 Å². The zero-order valence-electron chi connectivity index (χ0n) is 34.6. The summed E-state index contributed by atoms with van der Waals surface area (Å²) in [4.78, 5) is 15.3. The Bertz CT molecular complexity index is 2760. The lowest BCUT2D eigenvalue weighted by Gasteiger charge is -2.22. The minimum absolute atomic E-state index is 0.0477. The number of hydrogen-bond donors (Lipinski definition) is 1. The van der Waals surface area contributed by atoms with Crippen LogP contribution in [0.2, 0.25) is 0 Å². The molecule has 8 aromatic rings. The highest BCUT2D eigenvalue weighted by molar-refractivity contribution is 5.99. The monoisotopic (exact) mass is 748 g/mol. The van der Waals surface area contributed by atoms with Gasteiger partial charge in [-0.2, -0.15) is 0 Å². The lowest BCUT2D eigenvalue weighted by Crippen LogP contribution is -2.13. The predicted octanol–water partition coefficient (Wildman–Crippen LogP) is 13.2. The van der Waals surface area contributed by atoms with Crippen molar-refractivity contribution in [1.29, 1.82) is 0 Å². The third-order valence-corrected chi connectivity index (χ3v) is 11.0. The largest absolute Gasteiger partial charge is 0.507 e. The molecule has 0 atom stereocenters. The Morgan fingerprint density at radius 1 is 0.544 bits per heavy atom. The summed E-state index contributed by atoms with van der Waals surface area (Å²) < 4.78 is 2.15. The Morgan fingerprint density at radius 3 is 1.95 bits per heavy atom. The number of aromatic nitrogens is 4. The van der Waals surface area contributed by atoms with Crippen molar-refractivity contribution in [1.82, 2.24) is 19.5 Å². The van der Waals surface area contributed by atoms with Gasteiger partial charge < -0.3 is 5.11 Å². The number of para-hydroxylation sites is 1. The van der Waals surface area contributed by atoms with Crippen LogP contribution in [0.15, 0.2) is 134 Å². The molecule has 0 saturated heterocycles. The van der Waals surface area contributed by atoms with Gasteiger partial charge in [0.15, 0.2) is 0 Å². The summed E-state index contributed by atoms with van der Waals surface area (Å²) in [5.41, 5.74) is 14.2. The van der Waals surface area contributed by atoms with Crippen molar-refractivity contribution < 1.29 is 5.11 Å². The molecule has 0 aliphatic rings. The van der Waals surface area contributed by atoms with Gasteiger partial charge in [-0.05, 0) is 105 Å². The van der Waals surface area contributed by atoms with Gasteiger partial charge in [-0.25, -0.2) is 4.98 Å². The van der Waals surface area contributed by atoms with E-state index in [4.69, 9.17) is 15.0 Å². The summed E-state index contributed by atoms with van der Waals surface area (Å²) in [5.74, 6) is 0.853. The zero-order chi connectivity index (χ0) is 40.3. The molecule has 0 spiro atoms. The van der Waals surface area contributed by atoms with E-state index in [-0.39, 0.29) is 22.0 Å². The van der Waals surface area contributed by atoms with E-state index in [2.05, 4.69) is 170 Å². The number of aromatic hydroxyl groups is 1. The van der Waals surface area contributed by atoms with E-state index in [1.807, 2.05) is 24.5 Å². The first-order chi connectivity index (χ1) is 27.0. The van der Waals surface area contributed by atoms with Gasteiger partial charge in [-0.1, -0.05) is 129 Å². The number of imidazole rings is 1. The summed E-state index contributed by atoms with van der Waals surface area (Å²) in [6.45, 7) is 19.9. The predicted molar refractivity (Wildman–Crippen MR) is 237 cm³/mol. The lowest BCUT2D eigenvalue weighted by molar-refractivity contribution is 0.475. The second-order valence-corrected chi connectivity index (χ2v) is 18.5. The van der Waals surface area contributed by atoms with Crippen LogP contribution < -0.4 is 0 Å². The molecule has 0 aliphatic carbocycles. The van der Waals surface area contributed by atoms with E-state index < -0.39 is 0 Å². The molecule has 0 fully saturated rings. The minimum Gasteiger partial charge on any atom is -0.507 e. The number of benzene rings is 5. The molecule has 57 heavy (non-hydrogen) atoms. The molecule has 286 valence electrons. The number of nitrogens with zero attached hydrogens (tertiary/aromatic N) is 4. The second-order valence-electron chi connectivity index (χ2n) is 18.5. The Balaban J connectivity index is 1.41. The molecule has 0 radical (unpaired) electrons. The maximum atomic E-state index is 11.5.